The molecule has 0 saturated heterocycles. The van der Waals surface area contributed by atoms with Crippen molar-refractivity contribution in [3.05, 3.63) is 85.1 Å². The summed E-state index contributed by atoms with van der Waals surface area (Å²) in [4.78, 5) is 38.3. The lowest BCUT2D eigenvalue weighted by Crippen LogP contribution is -2.30. The summed E-state index contributed by atoms with van der Waals surface area (Å²) < 4.78 is 16.9. The second-order valence-corrected chi connectivity index (χ2v) is 22.7. The first-order valence-corrected chi connectivity index (χ1v) is 34.1. The fourth-order valence-electron chi connectivity index (χ4n) is 9.78. The minimum atomic E-state index is -0.809. The standard InChI is InChI=1S/C73H128O6/c1-4-7-10-13-16-19-22-25-27-29-31-33-34-35-36-37-38-40-41-43-45-48-51-54-57-60-63-66-72(75)78-69-70(68-77-71(74)65-62-59-56-53-50-47-24-21-18-15-12-9-6-3)79-73(76)67-64-61-58-55-52-49-46-44-42-39-32-30-28-26-23-20-17-14-11-8-5-2/h9,12,18,21,23,26,29-32,47,50,56,59,70H,4-8,10-11,13-17,19-20,22,24-25,27-28,33-46,48-49,51-55,57-58,60-69H2,1-3H3/b12-9-,21-18-,26-23-,31-29-,32-30-,50-47-,59-56-. The van der Waals surface area contributed by atoms with Gasteiger partial charge in [0.15, 0.2) is 6.10 Å². The van der Waals surface area contributed by atoms with Crippen molar-refractivity contribution < 1.29 is 28.6 Å². The minimum Gasteiger partial charge on any atom is -0.462 e. The van der Waals surface area contributed by atoms with Gasteiger partial charge in [0.05, 0.1) is 0 Å². The third-order valence-corrected chi connectivity index (χ3v) is 14.9. The van der Waals surface area contributed by atoms with Crippen LogP contribution in [0.2, 0.25) is 0 Å². The summed E-state index contributed by atoms with van der Waals surface area (Å²) in [5.41, 5.74) is 0. The highest BCUT2D eigenvalue weighted by atomic mass is 16.6. The highest BCUT2D eigenvalue weighted by molar-refractivity contribution is 5.71. The van der Waals surface area contributed by atoms with Crippen LogP contribution in [0.3, 0.4) is 0 Å². The van der Waals surface area contributed by atoms with Crippen molar-refractivity contribution in [3.63, 3.8) is 0 Å². The molecule has 0 rings (SSSR count). The Labute approximate surface area is 490 Å². The molecule has 0 spiro atoms. The maximum absolute atomic E-state index is 12.9. The van der Waals surface area contributed by atoms with E-state index in [0.29, 0.717) is 19.3 Å². The Balaban J connectivity index is 4.29. The first-order chi connectivity index (χ1) is 39.0. The van der Waals surface area contributed by atoms with E-state index in [2.05, 4.69) is 99.8 Å². The Kier molecular flexibility index (Phi) is 64.2. The van der Waals surface area contributed by atoms with Crippen LogP contribution in [0.5, 0.6) is 0 Å². The molecular formula is C73H128O6. The van der Waals surface area contributed by atoms with Gasteiger partial charge >= 0.3 is 17.9 Å². The Morgan fingerprint density at radius 1 is 0.266 bits per heavy atom. The lowest BCUT2D eigenvalue weighted by atomic mass is 10.0. The zero-order valence-corrected chi connectivity index (χ0v) is 52.4. The molecule has 0 aliphatic heterocycles. The molecule has 0 fully saturated rings. The molecule has 0 bridgehead atoms. The van der Waals surface area contributed by atoms with Crippen molar-refractivity contribution in [1.82, 2.24) is 0 Å². The molecule has 79 heavy (non-hydrogen) atoms. The highest BCUT2D eigenvalue weighted by Gasteiger charge is 2.19. The summed E-state index contributed by atoms with van der Waals surface area (Å²) in [6.07, 6.45) is 89.1. The fraction of sp³-hybridized carbons (Fsp3) is 0.767. The number of carbonyl (C=O) groups is 3. The van der Waals surface area contributed by atoms with Crippen LogP contribution in [-0.2, 0) is 28.6 Å². The molecule has 6 nitrogen and oxygen atoms in total. The van der Waals surface area contributed by atoms with E-state index in [0.717, 1.165) is 70.6 Å². The highest BCUT2D eigenvalue weighted by Crippen LogP contribution is 2.17. The van der Waals surface area contributed by atoms with Crippen LogP contribution in [0.15, 0.2) is 85.1 Å². The SMILES string of the molecule is CC/C=C\C/C=C\C/C=C\C/C=C\CCC(=O)OCC(COC(=O)CCCCCCCCCCCCCCCCC/C=C\CCCCCCCCCC)OC(=O)CCCCCCCCCCC/C=C\C/C=C\CCCCCCC. The smallest absolute Gasteiger partial charge is 0.306 e. The molecule has 1 atom stereocenters. The van der Waals surface area contributed by atoms with Crippen molar-refractivity contribution in [1.29, 1.82) is 0 Å². The van der Waals surface area contributed by atoms with E-state index in [1.54, 1.807) is 0 Å². The Hall–Kier alpha value is -3.41. The van der Waals surface area contributed by atoms with E-state index < -0.39 is 6.10 Å². The van der Waals surface area contributed by atoms with Crippen molar-refractivity contribution in [2.75, 3.05) is 13.2 Å². The summed E-state index contributed by atoms with van der Waals surface area (Å²) in [5, 5.41) is 0. The van der Waals surface area contributed by atoms with Gasteiger partial charge in [0.2, 0.25) is 0 Å². The first kappa shape index (κ1) is 75.6. The van der Waals surface area contributed by atoms with Crippen molar-refractivity contribution in [3.8, 4) is 0 Å². The number of allylic oxidation sites excluding steroid dienone is 14. The molecule has 456 valence electrons. The monoisotopic (exact) mass is 1100 g/mol. The third kappa shape index (κ3) is 65.3. The van der Waals surface area contributed by atoms with Crippen LogP contribution in [0.1, 0.15) is 342 Å². The van der Waals surface area contributed by atoms with Gasteiger partial charge in [0.25, 0.3) is 0 Å². The molecule has 0 amide bonds. The van der Waals surface area contributed by atoms with Gasteiger partial charge in [-0.2, -0.15) is 0 Å². The van der Waals surface area contributed by atoms with Gasteiger partial charge in [0, 0.05) is 19.3 Å². The number of carbonyl (C=O) groups excluding carboxylic acids is 3. The van der Waals surface area contributed by atoms with Crippen molar-refractivity contribution in [2.24, 2.45) is 0 Å². The summed E-state index contributed by atoms with van der Waals surface area (Å²) in [5.74, 6) is -0.974. The number of unbranched alkanes of at least 4 members (excludes halogenated alkanes) is 37. The summed E-state index contributed by atoms with van der Waals surface area (Å²) in [6.45, 7) is 6.49. The van der Waals surface area contributed by atoms with Gasteiger partial charge in [-0.15, -0.1) is 0 Å². The molecule has 0 aliphatic carbocycles. The molecule has 0 aliphatic rings. The molecule has 0 radical (unpaired) electrons. The predicted octanol–water partition coefficient (Wildman–Crippen LogP) is 23.4. The number of hydrogen-bond acceptors (Lipinski definition) is 6. The second kappa shape index (κ2) is 67.1. The van der Waals surface area contributed by atoms with Crippen molar-refractivity contribution >= 4 is 17.9 Å². The summed E-state index contributed by atoms with van der Waals surface area (Å²) >= 11 is 0. The topological polar surface area (TPSA) is 78.9 Å². The number of hydrogen-bond donors (Lipinski definition) is 0. The molecule has 0 aromatic rings. The van der Waals surface area contributed by atoms with Crippen LogP contribution in [0.4, 0.5) is 0 Å². The van der Waals surface area contributed by atoms with E-state index in [4.69, 9.17) is 14.2 Å². The van der Waals surface area contributed by atoms with Crippen LogP contribution in [0, 0.1) is 0 Å². The van der Waals surface area contributed by atoms with Crippen LogP contribution < -0.4 is 0 Å². The second-order valence-electron chi connectivity index (χ2n) is 22.7. The van der Waals surface area contributed by atoms with E-state index in [9.17, 15) is 14.4 Å². The van der Waals surface area contributed by atoms with Crippen LogP contribution in [-0.4, -0.2) is 37.2 Å². The molecule has 0 heterocycles. The Morgan fingerprint density at radius 3 is 0.861 bits per heavy atom. The van der Waals surface area contributed by atoms with Gasteiger partial charge in [-0.05, 0) is 103 Å². The van der Waals surface area contributed by atoms with Crippen LogP contribution in [0.25, 0.3) is 0 Å². The Morgan fingerprint density at radius 2 is 0.519 bits per heavy atom. The van der Waals surface area contributed by atoms with Crippen LogP contribution >= 0.6 is 0 Å². The molecule has 0 aromatic heterocycles. The van der Waals surface area contributed by atoms with Crippen molar-refractivity contribution in [2.45, 2.75) is 348 Å². The lowest BCUT2D eigenvalue weighted by molar-refractivity contribution is -0.166. The third-order valence-electron chi connectivity index (χ3n) is 14.9. The normalized spacial score (nSPS) is 12.6. The van der Waals surface area contributed by atoms with Gasteiger partial charge in [-0.25, -0.2) is 0 Å². The predicted molar refractivity (Wildman–Crippen MR) is 344 cm³/mol. The average Bonchev–Trinajstić information content (AvgIpc) is 3.45. The molecular weight excluding hydrogens is 973 g/mol. The summed E-state index contributed by atoms with van der Waals surface area (Å²) in [7, 11) is 0. The number of ether oxygens (including phenoxy) is 3. The summed E-state index contributed by atoms with van der Waals surface area (Å²) in [6, 6.07) is 0. The quantitative estimate of drug-likeness (QED) is 0.0261. The van der Waals surface area contributed by atoms with E-state index in [1.807, 2.05) is 6.08 Å². The van der Waals surface area contributed by atoms with E-state index >= 15 is 0 Å². The largest absolute Gasteiger partial charge is 0.462 e. The maximum Gasteiger partial charge on any atom is 0.306 e. The lowest BCUT2D eigenvalue weighted by Gasteiger charge is -2.18. The number of rotatable bonds is 62. The molecule has 0 N–H and O–H groups in total. The number of esters is 3. The average molecular weight is 1100 g/mol. The maximum atomic E-state index is 12.9. The van der Waals surface area contributed by atoms with Gasteiger partial charge in [-0.1, -0.05) is 305 Å². The van der Waals surface area contributed by atoms with Gasteiger partial charge in [0.1, 0.15) is 13.2 Å². The minimum absolute atomic E-state index is 0.0982. The zero-order chi connectivity index (χ0) is 57.1. The molecule has 0 saturated carbocycles. The van der Waals surface area contributed by atoms with Gasteiger partial charge in [-0.3, -0.25) is 14.4 Å². The zero-order valence-electron chi connectivity index (χ0n) is 52.4. The van der Waals surface area contributed by atoms with E-state index in [-0.39, 0.29) is 37.5 Å². The molecule has 6 heteroatoms. The van der Waals surface area contributed by atoms with E-state index in [1.165, 1.54) is 225 Å². The molecule has 1 unspecified atom stereocenters. The van der Waals surface area contributed by atoms with Gasteiger partial charge < -0.3 is 14.2 Å². The molecule has 0 aromatic carbocycles. The first-order valence-electron chi connectivity index (χ1n) is 34.1. The fourth-order valence-corrected chi connectivity index (χ4v) is 9.78. The Bertz CT molecular complexity index is 1500.